The van der Waals surface area contributed by atoms with E-state index in [1.807, 2.05) is 0 Å². The Hall–Kier alpha value is -4.25. The highest BCUT2D eigenvalue weighted by atomic mass is 16.6. The van der Waals surface area contributed by atoms with E-state index >= 15 is 0 Å². The third-order valence-electron chi connectivity index (χ3n) is 4.59. The average Bonchev–Trinajstić information content (AvgIpc) is 2.81. The van der Waals surface area contributed by atoms with E-state index in [-0.39, 0.29) is 35.7 Å². The minimum absolute atomic E-state index is 0.00866. The van der Waals surface area contributed by atoms with Crippen molar-refractivity contribution in [1.82, 2.24) is 10.6 Å². The summed E-state index contributed by atoms with van der Waals surface area (Å²) >= 11 is 0. The minimum Gasteiger partial charge on any atom is -0.476 e. The average molecular weight is 500 g/mol. The second kappa shape index (κ2) is 11.9. The molecule has 1 atom stereocenters. The van der Waals surface area contributed by atoms with Crippen LogP contribution >= 0.6 is 0 Å². The Morgan fingerprint density at radius 3 is 2.06 bits per heavy atom. The number of ketones is 1. The van der Waals surface area contributed by atoms with Gasteiger partial charge in [-0.15, -0.1) is 0 Å². The number of carboxylic acids is 1. The first-order valence-electron chi connectivity index (χ1n) is 10.9. The van der Waals surface area contributed by atoms with Crippen LogP contribution in [0.5, 0.6) is 5.75 Å². The molecule has 0 saturated heterocycles. The number of Topliss-reactive ketones (excluding diaryl/α,β-unsaturated/α-hetero) is 1. The highest BCUT2D eigenvalue weighted by molar-refractivity contribution is 6.11. The smallest absolute Gasteiger partial charge is 0.413 e. The van der Waals surface area contributed by atoms with Gasteiger partial charge in [-0.1, -0.05) is 30.3 Å². The maximum atomic E-state index is 13.0. The van der Waals surface area contributed by atoms with Gasteiger partial charge in [0.2, 0.25) is 5.78 Å². The molecule has 2 amide bonds. The molecule has 0 bridgehead atoms. The number of hydrogen-bond donors (Lipinski definition) is 4. The topological polar surface area (TPSA) is 164 Å². The Bertz CT molecular complexity index is 1110. The number of carboxylic acid groups (broad SMARTS) is 1. The number of methoxy groups -OCH3 is 1. The molecule has 0 heterocycles. The number of amides is 2. The summed E-state index contributed by atoms with van der Waals surface area (Å²) in [5, 5.41) is 22.5. The second-order valence-electron chi connectivity index (χ2n) is 8.60. The molecule has 4 N–H and O–H groups in total. The van der Waals surface area contributed by atoms with E-state index in [0.29, 0.717) is 0 Å². The summed E-state index contributed by atoms with van der Waals surface area (Å²) in [4.78, 5) is 50.0. The van der Waals surface area contributed by atoms with Gasteiger partial charge in [-0.2, -0.15) is 0 Å². The summed E-state index contributed by atoms with van der Waals surface area (Å²) < 4.78 is 15.5. The van der Waals surface area contributed by atoms with E-state index < -0.39 is 35.1 Å². The molecule has 0 spiro atoms. The lowest BCUT2D eigenvalue weighted by Gasteiger charge is -2.29. The molecule has 0 fully saturated rings. The van der Waals surface area contributed by atoms with Gasteiger partial charge < -0.3 is 19.3 Å². The van der Waals surface area contributed by atoms with Crippen LogP contribution in [0.1, 0.15) is 43.1 Å². The van der Waals surface area contributed by atoms with Gasteiger partial charge in [0.25, 0.3) is 5.91 Å². The number of carbonyl (C=O) groups is 4. The van der Waals surface area contributed by atoms with Crippen molar-refractivity contribution in [2.45, 2.75) is 38.5 Å². The van der Waals surface area contributed by atoms with Crippen molar-refractivity contribution in [3.8, 4) is 5.75 Å². The van der Waals surface area contributed by atoms with Crippen molar-refractivity contribution in [3.63, 3.8) is 0 Å². The van der Waals surface area contributed by atoms with Crippen molar-refractivity contribution in [1.29, 1.82) is 5.41 Å². The maximum Gasteiger partial charge on any atom is 0.413 e. The number of nitrogens with one attached hydrogen (secondary N) is 3. The summed E-state index contributed by atoms with van der Waals surface area (Å²) in [5.41, 5.74) is -3.20. The number of benzene rings is 2. The van der Waals surface area contributed by atoms with Crippen LogP contribution in [0.15, 0.2) is 54.6 Å². The van der Waals surface area contributed by atoms with Gasteiger partial charge in [0.15, 0.2) is 0 Å². The molecular weight excluding hydrogens is 470 g/mol. The Labute approximate surface area is 208 Å². The van der Waals surface area contributed by atoms with Crippen LogP contribution < -0.4 is 15.4 Å². The zero-order valence-electron chi connectivity index (χ0n) is 20.4. The molecule has 11 heteroatoms. The number of aliphatic carboxylic acids is 1. The van der Waals surface area contributed by atoms with Crippen LogP contribution in [0.2, 0.25) is 0 Å². The first-order chi connectivity index (χ1) is 16.9. The number of para-hydroxylation sites is 1. The molecule has 2 rings (SSSR count). The normalized spacial score (nSPS) is 12.6. The van der Waals surface area contributed by atoms with Crippen LogP contribution in [0.3, 0.4) is 0 Å². The lowest BCUT2D eigenvalue weighted by atomic mass is 10.0. The van der Waals surface area contributed by atoms with Crippen molar-refractivity contribution in [3.05, 3.63) is 65.7 Å². The Balaban J connectivity index is 2.25. The summed E-state index contributed by atoms with van der Waals surface area (Å²) in [6.45, 7) is 4.97. The largest absolute Gasteiger partial charge is 0.476 e. The summed E-state index contributed by atoms with van der Waals surface area (Å²) in [7, 11) is 1.35. The van der Waals surface area contributed by atoms with Crippen LogP contribution in [-0.4, -0.2) is 59.7 Å². The fraction of sp³-hybridized carbons (Fsp3) is 0.320. The summed E-state index contributed by atoms with van der Waals surface area (Å²) in [6, 6.07) is 13.1. The first-order valence-corrected chi connectivity index (χ1v) is 10.9. The van der Waals surface area contributed by atoms with Crippen molar-refractivity contribution < 1.29 is 38.5 Å². The quantitative estimate of drug-likeness (QED) is 0.168. The molecule has 0 aliphatic heterocycles. The Morgan fingerprint density at radius 1 is 0.944 bits per heavy atom. The molecule has 2 aromatic carbocycles. The number of alkyl carbamates (subject to hydrolysis) is 1. The molecule has 1 unspecified atom stereocenters. The van der Waals surface area contributed by atoms with Gasteiger partial charge in [-0.3, -0.25) is 25.6 Å². The fourth-order valence-corrected chi connectivity index (χ4v) is 2.90. The third-order valence-corrected chi connectivity index (χ3v) is 4.59. The highest BCUT2D eigenvalue weighted by Crippen LogP contribution is 2.20. The molecule has 0 aromatic heterocycles. The van der Waals surface area contributed by atoms with Crippen molar-refractivity contribution in [2.24, 2.45) is 0 Å². The van der Waals surface area contributed by atoms with Gasteiger partial charge >= 0.3 is 17.8 Å². The lowest BCUT2D eigenvalue weighted by Crippen LogP contribution is -2.64. The summed E-state index contributed by atoms with van der Waals surface area (Å²) in [5.74, 6) is -3.74. The van der Waals surface area contributed by atoms with E-state index in [9.17, 15) is 24.3 Å². The van der Waals surface area contributed by atoms with E-state index in [0.717, 1.165) is 0 Å². The Kier molecular flexibility index (Phi) is 9.28. The SMILES string of the molecule is COCCC(=O)C(NC(=O)c1ccc(C(=N)NC(=O)OC(C)(C)C)cc1)(Oc1ccccc1)C(=O)O. The van der Waals surface area contributed by atoms with Gasteiger partial charge in [0, 0.05) is 24.7 Å². The number of rotatable bonds is 10. The molecule has 2 aromatic rings. The van der Waals surface area contributed by atoms with Crippen LogP contribution in [-0.2, 0) is 19.1 Å². The summed E-state index contributed by atoms with van der Waals surface area (Å²) in [6.07, 6.45) is -1.14. The van der Waals surface area contributed by atoms with Crippen LogP contribution in [0.25, 0.3) is 0 Å². The number of hydrogen-bond acceptors (Lipinski definition) is 8. The van der Waals surface area contributed by atoms with E-state index in [2.05, 4.69) is 10.6 Å². The molecule has 0 radical (unpaired) electrons. The van der Waals surface area contributed by atoms with Crippen molar-refractivity contribution >= 4 is 29.6 Å². The van der Waals surface area contributed by atoms with Crippen molar-refractivity contribution in [2.75, 3.05) is 13.7 Å². The second-order valence-corrected chi connectivity index (χ2v) is 8.60. The first kappa shape index (κ1) is 28.0. The predicted molar refractivity (Wildman–Crippen MR) is 129 cm³/mol. The molecular formula is C25H29N3O8. The minimum atomic E-state index is -2.71. The molecule has 11 nitrogen and oxygen atoms in total. The predicted octanol–water partition coefficient (Wildman–Crippen LogP) is 2.73. The van der Waals surface area contributed by atoms with Crippen LogP contribution in [0, 0.1) is 5.41 Å². The zero-order valence-corrected chi connectivity index (χ0v) is 20.4. The standard InChI is InChI=1S/C25H29N3O8/c1-24(2,3)36-23(33)27-20(26)16-10-12-17(13-11-16)21(30)28-25(22(31)32,19(29)14-15-34-4)35-18-8-6-5-7-9-18/h5-13H,14-15H2,1-4H3,(H,28,30)(H,31,32)(H2,26,27,33). The molecule has 0 aliphatic carbocycles. The Morgan fingerprint density at radius 2 is 1.53 bits per heavy atom. The van der Waals surface area contributed by atoms with E-state index in [1.54, 1.807) is 39.0 Å². The zero-order chi connectivity index (χ0) is 26.9. The van der Waals surface area contributed by atoms with E-state index in [4.69, 9.17) is 19.6 Å². The molecule has 0 aliphatic rings. The van der Waals surface area contributed by atoms with Gasteiger partial charge in [-0.05, 0) is 45.0 Å². The number of ether oxygens (including phenoxy) is 3. The highest BCUT2D eigenvalue weighted by Gasteiger charge is 2.50. The van der Waals surface area contributed by atoms with Gasteiger partial charge in [-0.25, -0.2) is 9.59 Å². The number of amidine groups is 1. The maximum absolute atomic E-state index is 13.0. The van der Waals surface area contributed by atoms with Gasteiger partial charge in [0.05, 0.1) is 6.61 Å². The lowest BCUT2D eigenvalue weighted by molar-refractivity contribution is -0.164. The number of carbonyl (C=O) groups excluding carboxylic acids is 3. The fourth-order valence-electron chi connectivity index (χ4n) is 2.90. The molecule has 0 saturated carbocycles. The van der Waals surface area contributed by atoms with Crippen LogP contribution in [0.4, 0.5) is 4.79 Å². The molecule has 192 valence electrons. The third kappa shape index (κ3) is 7.64. The molecule has 36 heavy (non-hydrogen) atoms. The van der Waals surface area contributed by atoms with E-state index in [1.165, 1.54) is 43.5 Å². The monoisotopic (exact) mass is 499 g/mol. The van der Waals surface area contributed by atoms with Gasteiger partial charge in [0.1, 0.15) is 17.2 Å².